The third-order valence-electron chi connectivity index (χ3n) is 5.63. The number of halogens is 1. The van der Waals surface area contributed by atoms with Crippen molar-refractivity contribution < 1.29 is 4.42 Å². The number of rotatable bonds is 9. The van der Waals surface area contributed by atoms with Crippen molar-refractivity contribution >= 4 is 41.7 Å². The Labute approximate surface area is 214 Å². The molecule has 6 nitrogen and oxygen atoms in total. The second kappa shape index (κ2) is 14.1. The van der Waals surface area contributed by atoms with E-state index in [9.17, 15) is 0 Å². The van der Waals surface area contributed by atoms with E-state index in [0.717, 1.165) is 62.6 Å². The molecule has 1 saturated heterocycles. The molecule has 3 rings (SSSR count). The number of thioether (sulfide) groups is 1. The quantitative estimate of drug-likeness (QED) is 0.194. The highest BCUT2D eigenvalue weighted by molar-refractivity contribution is 14.0. The van der Waals surface area contributed by atoms with Crippen molar-refractivity contribution in [1.29, 1.82) is 0 Å². The van der Waals surface area contributed by atoms with E-state index >= 15 is 0 Å². The molecule has 2 aromatic rings. The number of guanidine groups is 1. The van der Waals surface area contributed by atoms with Gasteiger partial charge in [0.1, 0.15) is 5.76 Å². The average Bonchev–Trinajstić information content (AvgIpc) is 3.08. The van der Waals surface area contributed by atoms with Crippen LogP contribution < -0.4 is 10.6 Å². The molecule has 1 aliphatic heterocycles. The molecule has 0 amide bonds. The lowest BCUT2D eigenvalue weighted by molar-refractivity contribution is 0.164. The number of benzene rings is 1. The molecule has 0 radical (unpaired) electrons. The van der Waals surface area contributed by atoms with Crippen LogP contribution in [0.4, 0.5) is 0 Å². The Hall–Kier alpha value is -1.26. The first-order valence-corrected chi connectivity index (χ1v) is 12.3. The number of nitrogens with zero attached hydrogens (tertiary/aromatic N) is 3. The highest BCUT2D eigenvalue weighted by Crippen LogP contribution is 2.23. The molecule has 32 heavy (non-hydrogen) atoms. The Balaban J connectivity index is 0.00000363. The van der Waals surface area contributed by atoms with E-state index in [0.29, 0.717) is 11.2 Å². The summed E-state index contributed by atoms with van der Waals surface area (Å²) in [6.07, 6.45) is 2.37. The minimum Gasteiger partial charge on any atom is -0.444 e. The Bertz CT molecular complexity index is 802. The second-order valence-electron chi connectivity index (χ2n) is 8.31. The Morgan fingerprint density at radius 1 is 1.22 bits per heavy atom. The zero-order valence-corrected chi connectivity index (χ0v) is 22.9. The van der Waals surface area contributed by atoms with Crippen molar-refractivity contribution in [3.8, 4) is 0 Å². The largest absolute Gasteiger partial charge is 0.444 e. The van der Waals surface area contributed by atoms with E-state index in [1.165, 1.54) is 17.7 Å². The number of hydrogen-bond donors (Lipinski definition) is 2. The zero-order valence-electron chi connectivity index (χ0n) is 19.8. The predicted molar refractivity (Wildman–Crippen MR) is 145 cm³/mol. The molecule has 1 aliphatic rings. The first kappa shape index (κ1) is 27.0. The van der Waals surface area contributed by atoms with Crippen LogP contribution in [0.2, 0.25) is 0 Å². The van der Waals surface area contributed by atoms with Crippen LogP contribution in [-0.4, -0.2) is 53.8 Å². The van der Waals surface area contributed by atoms with Crippen molar-refractivity contribution in [3.05, 3.63) is 47.7 Å². The van der Waals surface area contributed by atoms with Crippen LogP contribution in [0.15, 0.2) is 44.6 Å². The molecule has 1 aromatic carbocycles. The third kappa shape index (κ3) is 8.94. The van der Waals surface area contributed by atoms with Gasteiger partial charge < -0.3 is 15.1 Å². The standard InChI is InChI=1S/C24H37N5OS.HI/c1-5-25-24(26-15-18(2)31-22-9-7-6-8-10-22)27-16-21-11-13-29(14-12-21)17-23-28-19(3)20(4)30-23;/h6-10,18,21H,5,11-17H2,1-4H3,(H2,25,26,27);1H. The maximum Gasteiger partial charge on any atom is 0.208 e. The summed E-state index contributed by atoms with van der Waals surface area (Å²) in [4.78, 5) is 13.1. The molecular weight excluding hydrogens is 533 g/mol. The van der Waals surface area contributed by atoms with Crippen LogP contribution in [0.3, 0.4) is 0 Å². The number of likely N-dealkylation sites (tertiary alicyclic amines) is 1. The van der Waals surface area contributed by atoms with Gasteiger partial charge in [-0.15, -0.1) is 35.7 Å². The SMILES string of the molecule is CCNC(=NCC(C)Sc1ccccc1)NCC1CCN(Cc2nc(C)c(C)o2)CC1.I. The summed E-state index contributed by atoms with van der Waals surface area (Å²) in [6, 6.07) is 10.5. The van der Waals surface area contributed by atoms with Crippen molar-refractivity contribution in [2.75, 3.05) is 32.7 Å². The van der Waals surface area contributed by atoms with Crippen LogP contribution in [0.25, 0.3) is 0 Å². The molecular formula is C24H38IN5OS. The Morgan fingerprint density at radius 3 is 2.56 bits per heavy atom. The average molecular weight is 572 g/mol. The fraction of sp³-hybridized carbons (Fsp3) is 0.583. The molecule has 1 unspecified atom stereocenters. The predicted octanol–water partition coefficient (Wildman–Crippen LogP) is 4.86. The summed E-state index contributed by atoms with van der Waals surface area (Å²) in [7, 11) is 0. The van der Waals surface area contributed by atoms with Gasteiger partial charge in [-0.25, -0.2) is 4.98 Å². The second-order valence-corrected chi connectivity index (χ2v) is 9.82. The molecule has 2 N–H and O–H groups in total. The van der Waals surface area contributed by atoms with Crippen molar-refractivity contribution in [1.82, 2.24) is 20.5 Å². The number of hydrogen-bond acceptors (Lipinski definition) is 5. The summed E-state index contributed by atoms with van der Waals surface area (Å²) >= 11 is 1.87. The lowest BCUT2D eigenvalue weighted by Gasteiger charge is -2.31. The van der Waals surface area contributed by atoms with Gasteiger partial charge >= 0.3 is 0 Å². The van der Waals surface area contributed by atoms with Crippen LogP contribution in [0.5, 0.6) is 0 Å². The Morgan fingerprint density at radius 2 is 1.94 bits per heavy atom. The van der Waals surface area contributed by atoms with Crippen molar-refractivity contribution in [3.63, 3.8) is 0 Å². The number of aryl methyl sites for hydroxylation is 2. The Kier molecular flexibility index (Phi) is 11.9. The molecule has 2 heterocycles. The first-order chi connectivity index (χ1) is 15.0. The number of piperidine rings is 1. The molecule has 1 aromatic heterocycles. The van der Waals surface area contributed by atoms with Crippen LogP contribution in [0, 0.1) is 19.8 Å². The minimum atomic E-state index is 0. The highest BCUT2D eigenvalue weighted by atomic mass is 127. The maximum absolute atomic E-state index is 5.74. The topological polar surface area (TPSA) is 65.7 Å². The van der Waals surface area contributed by atoms with Crippen LogP contribution >= 0.6 is 35.7 Å². The monoisotopic (exact) mass is 571 g/mol. The molecule has 8 heteroatoms. The summed E-state index contributed by atoms with van der Waals surface area (Å²) in [5.41, 5.74) is 1.00. The van der Waals surface area contributed by atoms with Crippen molar-refractivity contribution in [2.45, 2.75) is 57.2 Å². The maximum atomic E-state index is 5.74. The normalized spacial score (nSPS) is 16.4. The van der Waals surface area contributed by atoms with E-state index in [-0.39, 0.29) is 24.0 Å². The van der Waals surface area contributed by atoms with Gasteiger partial charge in [-0.05, 0) is 64.8 Å². The lowest BCUT2D eigenvalue weighted by Crippen LogP contribution is -2.43. The molecule has 1 fully saturated rings. The summed E-state index contributed by atoms with van der Waals surface area (Å²) in [6.45, 7) is 14.0. The summed E-state index contributed by atoms with van der Waals surface area (Å²) in [5.74, 6) is 3.37. The molecule has 178 valence electrons. The van der Waals surface area contributed by atoms with Gasteiger partial charge in [-0.3, -0.25) is 9.89 Å². The van der Waals surface area contributed by atoms with Gasteiger partial charge in [0.15, 0.2) is 5.96 Å². The van der Waals surface area contributed by atoms with Crippen LogP contribution in [0.1, 0.15) is 44.0 Å². The smallest absolute Gasteiger partial charge is 0.208 e. The molecule has 0 aliphatic carbocycles. The van der Waals surface area contributed by atoms with Crippen LogP contribution in [-0.2, 0) is 6.54 Å². The van der Waals surface area contributed by atoms with Crippen molar-refractivity contribution in [2.24, 2.45) is 10.9 Å². The number of aliphatic imine (C=N–C) groups is 1. The van der Waals surface area contributed by atoms with E-state index in [2.05, 4.69) is 64.7 Å². The van der Waals surface area contributed by atoms with E-state index in [1.54, 1.807) is 0 Å². The molecule has 1 atom stereocenters. The number of oxazole rings is 1. The fourth-order valence-corrected chi connectivity index (χ4v) is 4.65. The fourth-order valence-electron chi connectivity index (χ4n) is 3.72. The van der Waals surface area contributed by atoms with Gasteiger partial charge in [0, 0.05) is 23.2 Å². The van der Waals surface area contributed by atoms with E-state index in [4.69, 9.17) is 9.41 Å². The molecule has 0 spiro atoms. The van der Waals surface area contributed by atoms with E-state index < -0.39 is 0 Å². The lowest BCUT2D eigenvalue weighted by atomic mass is 9.97. The minimum absolute atomic E-state index is 0. The highest BCUT2D eigenvalue weighted by Gasteiger charge is 2.21. The molecule has 0 bridgehead atoms. The zero-order chi connectivity index (χ0) is 22.1. The third-order valence-corrected chi connectivity index (χ3v) is 6.72. The van der Waals surface area contributed by atoms with Gasteiger partial charge in [0.2, 0.25) is 5.89 Å². The molecule has 0 saturated carbocycles. The van der Waals surface area contributed by atoms with E-state index in [1.807, 2.05) is 25.6 Å². The number of nitrogens with one attached hydrogen (secondary N) is 2. The first-order valence-electron chi connectivity index (χ1n) is 11.4. The van der Waals surface area contributed by atoms with Gasteiger partial charge in [0.25, 0.3) is 0 Å². The summed E-state index contributed by atoms with van der Waals surface area (Å²) < 4.78 is 5.74. The number of aromatic nitrogens is 1. The van der Waals surface area contributed by atoms with Gasteiger partial charge in [-0.2, -0.15) is 0 Å². The van der Waals surface area contributed by atoms with Gasteiger partial charge in [-0.1, -0.05) is 25.1 Å². The van der Waals surface area contributed by atoms with Gasteiger partial charge in [0.05, 0.1) is 18.8 Å². The summed E-state index contributed by atoms with van der Waals surface area (Å²) in [5, 5.41) is 7.39.